The van der Waals surface area contributed by atoms with Crippen molar-refractivity contribution in [2.75, 3.05) is 19.4 Å². The van der Waals surface area contributed by atoms with Gasteiger partial charge in [-0.15, -0.1) is 0 Å². The molecule has 0 saturated heterocycles. The van der Waals surface area contributed by atoms with Crippen LogP contribution in [0.15, 0.2) is 0 Å². The topological polar surface area (TPSA) is 21.3 Å². The van der Waals surface area contributed by atoms with E-state index in [0.29, 0.717) is 6.10 Å². The number of thioether (sulfide) groups is 1. The van der Waals surface area contributed by atoms with Crippen molar-refractivity contribution in [2.45, 2.75) is 56.9 Å². The Morgan fingerprint density at radius 2 is 2.20 bits per heavy atom. The number of hydrogen-bond acceptors (Lipinski definition) is 3. The van der Waals surface area contributed by atoms with Gasteiger partial charge in [0.15, 0.2) is 0 Å². The van der Waals surface area contributed by atoms with E-state index >= 15 is 0 Å². The average Bonchev–Trinajstić information content (AvgIpc) is 2.24. The first-order chi connectivity index (χ1) is 7.22. The Labute approximate surface area is 98.5 Å². The Morgan fingerprint density at radius 3 is 2.87 bits per heavy atom. The van der Waals surface area contributed by atoms with Crippen LogP contribution >= 0.6 is 11.8 Å². The molecular formula is C12H25NOS. The predicted molar refractivity (Wildman–Crippen MR) is 68.6 cm³/mol. The van der Waals surface area contributed by atoms with Gasteiger partial charge < -0.3 is 10.1 Å². The predicted octanol–water partition coefficient (Wildman–Crippen LogP) is 2.68. The van der Waals surface area contributed by atoms with Crippen molar-refractivity contribution in [3.63, 3.8) is 0 Å². The van der Waals surface area contributed by atoms with E-state index in [9.17, 15) is 0 Å². The molecule has 0 amide bonds. The van der Waals surface area contributed by atoms with Gasteiger partial charge in [-0.05, 0) is 39.4 Å². The van der Waals surface area contributed by atoms with E-state index in [1.807, 2.05) is 11.8 Å². The second-order valence-electron chi connectivity index (χ2n) is 4.59. The van der Waals surface area contributed by atoms with Crippen molar-refractivity contribution in [1.29, 1.82) is 0 Å². The van der Waals surface area contributed by atoms with Crippen LogP contribution in [0.1, 0.15) is 39.5 Å². The second-order valence-corrected chi connectivity index (χ2v) is 5.73. The molecule has 0 bridgehead atoms. The minimum atomic E-state index is 0.358. The zero-order valence-electron chi connectivity index (χ0n) is 10.3. The van der Waals surface area contributed by atoms with Gasteiger partial charge in [-0.3, -0.25) is 0 Å². The Kier molecular flexibility index (Phi) is 6.69. The highest BCUT2D eigenvalue weighted by Crippen LogP contribution is 2.26. The van der Waals surface area contributed by atoms with Crippen LogP contribution in [0.4, 0.5) is 0 Å². The maximum Gasteiger partial charge on any atom is 0.0594 e. The second kappa shape index (κ2) is 7.53. The van der Waals surface area contributed by atoms with Crippen LogP contribution in [0.3, 0.4) is 0 Å². The third kappa shape index (κ3) is 5.79. The van der Waals surface area contributed by atoms with E-state index in [2.05, 4.69) is 25.4 Å². The molecular weight excluding hydrogens is 206 g/mol. The monoisotopic (exact) mass is 231 g/mol. The fourth-order valence-electron chi connectivity index (χ4n) is 2.10. The van der Waals surface area contributed by atoms with Crippen LogP contribution in [-0.4, -0.2) is 36.8 Å². The fraction of sp³-hybridized carbons (Fsp3) is 1.00. The molecule has 1 N–H and O–H groups in total. The van der Waals surface area contributed by atoms with E-state index in [1.165, 1.54) is 25.7 Å². The summed E-state index contributed by atoms with van der Waals surface area (Å²) in [5, 5.41) is 4.48. The van der Waals surface area contributed by atoms with E-state index in [-0.39, 0.29) is 0 Å². The number of rotatable bonds is 6. The van der Waals surface area contributed by atoms with Crippen molar-refractivity contribution in [2.24, 2.45) is 0 Å². The van der Waals surface area contributed by atoms with Crippen molar-refractivity contribution in [3.05, 3.63) is 0 Å². The minimum Gasteiger partial charge on any atom is -0.377 e. The normalized spacial score (nSPS) is 27.2. The van der Waals surface area contributed by atoms with Gasteiger partial charge in [-0.1, -0.05) is 6.42 Å². The SMILES string of the molecule is CSC1CCCC(NCCOC(C)C)C1. The molecule has 0 aromatic rings. The Hall–Kier alpha value is 0.270. The molecule has 0 aromatic carbocycles. The van der Waals surface area contributed by atoms with Crippen LogP contribution < -0.4 is 5.32 Å². The first-order valence-electron chi connectivity index (χ1n) is 6.10. The van der Waals surface area contributed by atoms with E-state index in [1.54, 1.807) is 0 Å². The maximum atomic E-state index is 5.52. The lowest BCUT2D eigenvalue weighted by Crippen LogP contribution is -2.37. The van der Waals surface area contributed by atoms with E-state index < -0.39 is 0 Å². The summed E-state index contributed by atoms with van der Waals surface area (Å²) in [5.41, 5.74) is 0. The molecule has 90 valence electrons. The standard InChI is InChI=1S/C12H25NOS/c1-10(2)14-8-7-13-11-5-4-6-12(9-11)15-3/h10-13H,4-9H2,1-3H3. The molecule has 3 heteroatoms. The molecule has 2 unspecified atom stereocenters. The van der Waals surface area contributed by atoms with Gasteiger partial charge in [0.1, 0.15) is 0 Å². The van der Waals surface area contributed by atoms with Crippen LogP contribution in [0.25, 0.3) is 0 Å². The highest BCUT2D eigenvalue weighted by molar-refractivity contribution is 7.99. The highest BCUT2D eigenvalue weighted by Gasteiger charge is 2.20. The summed E-state index contributed by atoms with van der Waals surface area (Å²) < 4.78 is 5.52. The zero-order chi connectivity index (χ0) is 11.1. The van der Waals surface area contributed by atoms with Gasteiger partial charge >= 0.3 is 0 Å². The molecule has 1 aliphatic rings. The Bertz CT molecular complexity index is 164. The summed E-state index contributed by atoms with van der Waals surface area (Å²) in [6, 6.07) is 0.729. The molecule has 0 radical (unpaired) electrons. The molecule has 2 atom stereocenters. The Morgan fingerprint density at radius 1 is 1.40 bits per heavy atom. The average molecular weight is 231 g/mol. The van der Waals surface area contributed by atoms with Gasteiger partial charge in [0.05, 0.1) is 12.7 Å². The lowest BCUT2D eigenvalue weighted by Gasteiger charge is -2.28. The van der Waals surface area contributed by atoms with Crippen molar-refractivity contribution >= 4 is 11.8 Å². The largest absolute Gasteiger partial charge is 0.377 e. The van der Waals surface area contributed by atoms with Gasteiger partial charge in [0.2, 0.25) is 0 Å². The summed E-state index contributed by atoms with van der Waals surface area (Å²) in [6.07, 6.45) is 8.06. The lowest BCUT2D eigenvalue weighted by atomic mass is 9.95. The molecule has 15 heavy (non-hydrogen) atoms. The summed E-state index contributed by atoms with van der Waals surface area (Å²) in [7, 11) is 0. The number of ether oxygens (including phenoxy) is 1. The number of hydrogen-bond donors (Lipinski definition) is 1. The fourth-order valence-corrected chi connectivity index (χ4v) is 2.93. The molecule has 0 heterocycles. The number of nitrogens with one attached hydrogen (secondary N) is 1. The van der Waals surface area contributed by atoms with E-state index in [0.717, 1.165) is 24.4 Å². The smallest absolute Gasteiger partial charge is 0.0594 e. The van der Waals surface area contributed by atoms with Gasteiger partial charge in [-0.2, -0.15) is 11.8 Å². The van der Waals surface area contributed by atoms with Crippen LogP contribution in [0.2, 0.25) is 0 Å². The molecule has 1 rings (SSSR count). The van der Waals surface area contributed by atoms with Crippen molar-refractivity contribution in [3.8, 4) is 0 Å². The summed E-state index contributed by atoms with van der Waals surface area (Å²) >= 11 is 2.02. The van der Waals surface area contributed by atoms with Gasteiger partial charge in [-0.25, -0.2) is 0 Å². The Balaban J connectivity index is 2.05. The zero-order valence-corrected chi connectivity index (χ0v) is 11.1. The minimum absolute atomic E-state index is 0.358. The van der Waals surface area contributed by atoms with E-state index in [4.69, 9.17) is 4.74 Å². The quantitative estimate of drug-likeness (QED) is 0.710. The molecule has 0 aliphatic heterocycles. The molecule has 1 aliphatic carbocycles. The summed E-state index contributed by atoms with van der Waals surface area (Å²) in [4.78, 5) is 0. The third-order valence-electron chi connectivity index (χ3n) is 2.95. The van der Waals surface area contributed by atoms with Gasteiger partial charge in [0, 0.05) is 17.8 Å². The molecule has 1 saturated carbocycles. The summed E-state index contributed by atoms with van der Waals surface area (Å²) in [6.45, 7) is 6.02. The molecule has 0 spiro atoms. The first-order valence-corrected chi connectivity index (χ1v) is 7.39. The van der Waals surface area contributed by atoms with Crippen LogP contribution in [-0.2, 0) is 4.74 Å². The molecule has 0 aromatic heterocycles. The van der Waals surface area contributed by atoms with Crippen LogP contribution in [0.5, 0.6) is 0 Å². The van der Waals surface area contributed by atoms with Crippen molar-refractivity contribution in [1.82, 2.24) is 5.32 Å². The lowest BCUT2D eigenvalue weighted by molar-refractivity contribution is 0.0785. The van der Waals surface area contributed by atoms with Crippen molar-refractivity contribution < 1.29 is 4.74 Å². The highest BCUT2D eigenvalue weighted by atomic mass is 32.2. The third-order valence-corrected chi connectivity index (χ3v) is 4.04. The molecule has 1 fully saturated rings. The molecule has 2 nitrogen and oxygen atoms in total. The van der Waals surface area contributed by atoms with Gasteiger partial charge in [0.25, 0.3) is 0 Å². The summed E-state index contributed by atoms with van der Waals surface area (Å²) in [5.74, 6) is 0. The first kappa shape index (κ1) is 13.3. The van der Waals surface area contributed by atoms with Crippen LogP contribution in [0, 0.1) is 0 Å². The maximum absolute atomic E-state index is 5.52.